The number of ketones is 1. The molecule has 216 valence electrons. The second kappa shape index (κ2) is 13.8. The highest BCUT2D eigenvalue weighted by Gasteiger charge is 2.40. The van der Waals surface area contributed by atoms with Crippen molar-refractivity contribution in [1.29, 1.82) is 0 Å². The lowest BCUT2D eigenvalue weighted by Crippen LogP contribution is -2.55. The minimum absolute atomic E-state index is 0. The maximum atomic E-state index is 11.8. The monoisotopic (exact) mass is 565 g/mol. The minimum Gasteiger partial charge on any atom is -0.346 e. The quantitative estimate of drug-likeness (QED) is 0.399. The Morgan fingerprint density at radius 1 is 0.550 bits per heavy atom. The van der Waals surface area contributed by atoms with Gasteiger partial charge in [-0.15, -0.1) is 12.4 Å². The zero-order valence-corrected chi connectivity index (χ0v) is 24.4. The topological polar surface area (TPSA) is 87.3 Å². The normalized spacial score (nSPS) is 22.1. The van der Waals surface area contributed by atoms with Crippen LogP contribution < -0.4 is 16.0 Å². The van der Waals surface area contributed by atoms with Gasteiger partial charge in [0.05, 0.1) is 23.9 Å². The van der Waals surface area contributed by atoms with Crippen molar-refractivity contribution in [2.24, 2.45) is 0 Å². The molecule has 0 atom stereocenters. The summed E-state index contributed by atoms with van der Waals surface area (Å²) in [4.78, 5) is 34.0. The molecule has 7 rings (SSSR count). The van der Waals surface area contributed by atoms with Gasteiger partial charge in [-0.2, -0.15) is 0 Å². The van der Waals surface area contributed by atoms with Crippen LogP contribution in [-0.4, -0.2) is 30.7 Å². The van der Waals surface area contributed by atoms with E-state index in [2.05, 4.69) is 52.3 Å². The Morgan fingerprint density at radius 2 is 1.00 bits per heavy atom. The second-order valence-electron chi connectivity index (χ2n) is 11.8. The minimum atomic E-state index is -0.100. The van der Waals surface area contributed by atoms with Crippen LogP contribution in [0.3, 0.4) is 0 Å². The predicted molar refractivity (Wildman–Crippen MR) is 160 cm³/mol. The summed E-state index contributed by atoms with van der Waals surface area (Å²) in [5.74, 6) is 0.826. The zero-order chi connectivity index (χ0) is 27.1. The molecule has 2 aromatic carbocycles. The molecular weight excluding hydrogens is 522 g/mol. The summed E-state index contributed by atoms with van der Waals surface area (Å²) in [6.45, 7) is 1.96. The van der Waals surface area contributed by atoms with Gasteiger partial charge < -0.3 is 16.0 Å². The van der Waals surface area contributed by atoms with Crippen LogP contribution >= 0.6 is 12.4 Å². The van der Waals surface area contributed by atoms with Gasteiger partial charge in [0.25, 0.3) is 0 Å². The first kappa shape index (κ1) is 30.3. The molecule has 5 aliphatic rings. The van der Waals surface area contributed by atoms with Crippen LogP contribution in [0.15, 0.2) is 48.5 Å². The number of carbonyl (C=O) groups excluding carboxylic acids is 3. The lowest BCUT2D eigenvalue weighted by Gasteiger charge is -2.42. The molecule has 0 radical (unpaired) electrons. The molecule has 6 nitrogen and oxygen atoms in total. The number of piperidine rings is 1. The van der Waals surface area contributed by atoms with Gasteiger partial charge in [0.2, 0.25) is 11.8 Å². The van der Waals surface area contributed by atoms with E-state index in [-0.39, 0.29) is 35.3 Å². The van der Waals surface area contributed by atoms with E-state index in [0.717, 1.165) is 64.5 Å². The van der Waals surface area contributed by atoms with Gasteiger partial charge in [0.1, 0.15) is 5.78 Å². The first-order chi connectivity index (χ1) is 19.0. The van der Waals surface area contributed by atoms with Gasteiger partial charge in [0, 0.05) is 12.8 Å². The van der Waals surface area contributed by atoms with E-state index in [0.29, 0.717) is 18.6 Å². The number of fused-ring (bicyclic) bond motifs is 4. The van der Waals surface area contributed by atoms with Crippen LogP contribution in [0, 0.1) is 0 Å². The highest BCUT2D eigenvalue weighted by Crippen LogP contribution is 2.41. The molecule has 2 aliphatic carbocycles. The van der Waals surface area contributed by atoms with Crippen molar-refractivity contribution in [2.75, 3.05) is 13.1 Å². The van der Waals surface area contributed by atoms with E-state index >= 15 is 0 Å². The number of benzene rings is 2. The van der Waals surface area contributed by atoms with Gasteiger partial charge in [-0.3, -0.25) is 14.4 Å². The molecule has 2 aromatic rings. The molecule has 3 N–H and O–H groups in total. The number of amides is 2. The van der Waals surface area contributed by atoms with Crippen LogP contribution in [0.1, 0.15) is 99.3 Å². The van der Waals surface area contributed by atoms with E-state index in [9.17, 15) is 14.4 Å². The van der Waals surface area contributed by atoms with Crippen molar-refractivity contribution in [2.45, 2.75) is 101 Å². The number of carbonyl (C=O) groups is 3. The summed E-state index contributed by atoms with van der Waals surface area (Å²) in [5.41, 5.74) is 4.99. The zero-order valence-electron chi connectivity index (χ0n) is 23.6. The van der Waals surface area contributed by atoms with Gasteiger partial charge in [-0.05, 0) is 73.9 Å². The molecule has 1 saturated heterocycles. The van der Waals surface area contributed by atoms with Crippen LogP contribution in [0.4, 0.5) is 0 Å². The molecule has 3 aliphatic heterocycles. The molecule has 2 spiro atoms. The van der Waals surface area contributed by atoms with Crippen LogP contribution in [0.2, 0.25) is 0 Å². The van der Waals surface area contributed by atoms with E-state index in [4.69, 9.17) is 0 Å². The smallest absolute Gasteiger partial charge is 0.225 e. The molecule has 2 saturated carbocycles. The van der Waals surface area contributed by atoms with Crippen LogP contribution in [0.5, 0.6) is 0 Å². The molecule has 3 fully saturated rings. The maximum absolute atomic E-state index is 11.8. The summed E-state index contributed by atoms with van der Waals surface area (Å²) >= 11 is 0. The standard InChI is InChI=1S/C14H17NO.C13H16N2O.C6H10O.ClH/c16-13-10-11-6-2-3-7-12(11)14(15-13)8-4-1-5-9-14;16-12-9-10-3-1-2-4-11(10)13(15-12)5-7-14-8-6-13;7-6-4-2-1-3-5-6;/h2-3,6-7H,1,4-5,8-10H2,(H,15,16);1-4,14H,5-9H2,(H,15,16);1-5H2;1H. The molecule has 40 heavy (non-hydrogen) atoms. The Labute approximate surface area is 244 Å². The van der Waals surface area contributed by atoms with Gasteiger partial charge in [0.15, 0.2) is 0 Å². The maximum Gasteiger partial charge on any atom is 0.225 e. The molecule has 0 aromatic heterocycles. The fraction of sp³-hybridized carbons (Fsp3) is 0.545. The number of hydrogen-bond donors (Lipinski definition) is 3. The number of hydrogen-bond acceptors (Lipinski definition) is 4. The van der Waals surface area contributed by atoms with Crippen molar-refractivity contribution in [3.8, 4) is 0 Å². The van der Waals surface area contributed by atoms with E-state index < -0.39 is 0 Å². The van der Waals surface area contributed by atoms with Crippen LogP contribution in [-0.2, 0) is 38.3 Å². The number of nitrogens with one attached hydrogen (secondary N) is 3. The van der Waals surface area contributed by atoms with Crippen molar-refractivity contribution in [3.63, 3.8) is 0 Å². The average molecular weight is 566 g/mol. The average Bonchev–Trinajstić information content (AvgIpc) is 2.95. The molecule has 0 unspecified atom stereocenters. The third-order valence-corrected chi connectivity index (χ3v) is 9.10. The van der Waals surface area contributed by atoms with Gasteiger partial charge in [-0.25, -0.2) is 0 Å². The molecule has 2 amide bonds. The van der Waals surface area contributed by atoms with Crippen molar-refractivity contribution < 1.29 is 14.4 Å². The van der Waals surface area contributed by atoms with E-state index in [1.54, 1.807) is 0 Å². The van der Waals surface area contributed by atoms with Crippen molar-refractivity contribution in [1.82, 2.24) is 16.0 Å². The number of Topliss-reactive ketones (excluding diaryl/α,β-unsaturated/α-hetero) is 1. The third kappa shape index (κ3) is 6.95. The highest BCUT2D eigenvalue weighted by atomic mass is 35.5. The highest BCUT2D eigenvalue weighted by molar-refractivity contribution is 5.85. The Bertz CT molecular complexity index is 1100. The van der Waals surface area contributed by atoms with E-state index in [1.807, 2.05) is 12.1 Å². The van der Waals surface area contributed by atoms with Crippen LogP contribution in [0.25, 0.3) is 0 Å². The second-order valence-corrected chi connectivity index (χ2v) is 11.8. The summed E-state index contributed by atoms with van der Waals surface area (Å²) in [6.07, 6.45) is 14.3. The lowest BCUT2D eigenvalue weighted by molar-refractivity contribution is -0.124. The summed E-state index contributed by atoms with van der Waals surface area (Å²) < 4.78 is 0. The SMILES string of the molecule is Cl.O=C1CCCCC1.O=C1Cc2ccccc2C2(CCCCC2)N1.O=C1Cc2ccccc2C2(CCNCC2)N1. The molecular formula is C33H44ClN3O3. The Kier molecular flexibility index (Phi) is 10.4. The Hall–Kier alpha value is -2.70. The molecule has 0 bridgehead atoms. The molecule has 7 heteroatoms. The van der Waals surface area contributed by atoms with Gasteiger partial charge in [-0.1, -0.05) is 74.2 Å². The van der Waals surface area contributed by atoms with E-state index in [1.165, 1.54) is 47.9 Å². The summed E-state index contributed by atoms with van der Waals surface area (Å²) in [7, 11) is 0. The Balaban J connectivity index is 0.000000147. The lowest BCUT2D eigenvalue weighted by atomic mass is 9.72. The number of rotatable bonds is 0. The fourth-order valence-electron chi connectivity index (χ4n) is 7.13. The molecule has 3 heterocycles. The fourth-order valence-corrected chi connectivity index (χ4v) is 7.13. The van der Waals surface area contributed by atoms with Crippen molar-refractivity contribution >= 4 is 30.0 Å². The summed E-state index contributed by atoms with van der Waals surface area (Å²) in [5, 5.41) is 9.81. The summed E-state index contributed by atoms with van der Waals surface area (Å²) in [6, 6.07) is 16.8. The van der Waals surface area contributed by atoms with Crippen molar-refractivity contribution in [3.05, 3.63) is 70.8 Å². The Morgan fingerprint density at radius 3 is 1.48 bits per heavy atom. The first-order valence-corrected chi connectivity index (χ1v) is 15.0. The largest absolute Gasteiger partial charge is 0.346 e. The third-order valence-electron chi connectivity index (χ3n) is 9.10. The predicted octanol–water partition coefficient (Wildman–Crippen LogP) is 5.40. The first-order valence-electron chi connectivity index (χ1n) is 15.0. The van der Waals surface area contributed by atoms with Gasteiger partial charge >= 0.3 is 0 Å². The number of halogens is 1.